The van der Waals surface area contributed by atoms with E-state index in [4.69, 9.17) is 4.74 Å². The van der Waals surface area contributed by atoms with Crippen LogP contribution in [0.25, 0.3) is 11.1 Å². The third kappa shape index (κ3) is 4.06. The van der Waals surface area contributed by atoms with Crippen molar-refractivity contribution in [2.75, 3.05) is 26.2 Å². The third-order valence-corrected chi connectivity index (χ3v) is 7.40. The molecule has 2 amide bonds. The molecule has 1 saturated carbocycles. The average molecular weight is 461 g/mol. The molecule has 7 heteroatoms. The molecule has 2 fully saturated rings. The van der Waals surface area contributed by atoms with E-state index in [0.717, 1.165) is 17.5 Å². The van der Waals surface area contributed by atoms with Crippen LogP contribution in [0.3, 0.4) is 0 Å². The van der Waals surface area contributed by atoms with Crippen molar-refractivity contribution < 1.29 is 24.2 Å². The Morgan fingerprint density at radius 3 is 2.35 bits per heavy atom. The van der Waals surface area contributed by atoms with Crippen LogP contribution in [0.1, 0.15) is 30.4 Å². The topological polar surface area (TPSA) is 95.9 Å². The van der Waals surface area contributed by atoms with Crippen molar-refractivity contribution >= 4 is 18.0 Å². The summed E-state index contributed by atoms with van der Waals surface area (Å²) in [5, 5.41) is 11.9. The molecular weight excluding hydrogens is 432 g/mol. The Hall–Kier alpha value is -3.61. The number of carboxylic acid groups (broad SMARTS) is 1. The molecule has 34 heavy (non-hydrogen) atoms. The van der Waals surface area contributed by atoms with Crippen LogP contribution in [0, 0.1) is 17.8 Å². The van der Waals surface area contributed by atoms with Crippen molar-refractivity contribution in [1.82, 2.24) is 10.2 Å². The van der Waals surface area contributed by atoms with Crippen molar-refractivity contribution in [3.8, 4) is 11.1 Å². The Morgan fingerprint density at radius 2 is 1.71 bits per heavy atom. The molecule has 1 heterocycles. The lowest BCUT2D eigenvalue weighted by Crippen LogP contribution is -2.37. The highest BCUT2D eigenvalue weighted by Gasteiger charge is 2.57. The third-order valence-electron chi connectivity index (χ3n) is 7.40. The molecule has 0 radical (unpaired) electrons. The Labute approximate surface area is 198 Å². The zero-order valence-corrected chi connectivity index (χ0v) is 19.1. The van der Waals surface area contributed by atoms with Gasteiger partial charge in [-0.15, -0.1) is 0 Å². The highest BCUT2D eigenvalue weighted by molar-refractivity contribution is 5.93. The van der Waals surface area contributed by atoms with Crippen LogP contribution in [-0.4, -0.2) is 54.2 Å². The van der Waals surface area contributed by atoms with Gasteiger partial charge in [-0.3, -0.25) is 9.59 Å². The van der Waals surface area contributed by atoms with Crippen LogP contribution in [0.4, 0.5) is 4.79 Å². The fraction of sp³-hybridized carbons (Fsp3) is 0.370. The standard InChI is InChI=1S/C27H28N2O5/c1-16(25(30)29-13-11-21-22(14-29)24(21)26(31)32)10-12-28-27(33)34-15-23-19-8-4-2-6-17(19)18-7-3-5-9-20(18)23/h2-10,21-24H,11-15H2,1H3,(H,28,33)(H,31,32)/b16-10+/t21-,22+,24?/m0/s1. The molecule has 5 rings (SSSR count). The van der Waals surface area contributed by atoms with Crippen molar-refractivity contribution in [1.29, 1.82) is 0 Å². The molecule has 2 aromatic rings. The number of benzene rings is 2. The van der Waals surface area contributed by atoms with E-state index in [1.807, 2.05) is 24.3 Å². The second-order valence-corrected chi connectivity index (χ2v) is 9.33. The molecule has 1 saturated heterocycles. The predicted molar refractivity (Wildman–Crippen MR) is 126 cm³/mol. The van der Waals surface area contributed by atoms with Crippen LogP contribution >= 0.6 is 0 Å². The quantitative estimate of drug-likeness (QED) is 0.642. The predicted octanol–water partition coefficient (Wildman–Crippen LogP) is 3.65. The van der Waals surface area contributed by atoms with Crippen LogP contribution in [0.5, 0.6) is 0 Å². The summed E-state index contributed by atoms with van der Waals surface area (Å²) < 4.78 is 5.52. The van der Waals surface area contributed by atoms with Gasteiger partial charge in [0.25, 0.3) is 0 Å². The van der Waals surface area contributed by atoms with Crippen LogP contribution in [0.2, 0.25) is 0 Å². The van der Waals surface area contributed by atoms with E-state index in [1.165, 1.54) is 11.1 Å². The number of carbonyl (C=O) groups is 3. The summed E-state index contributed by atoms with van der Waals surface area (Å²) in [4.78, 5) is 38.0. The monoisotopic (exact) mass is 460 g/mol. The maximum atomic E-state index is 12.7. The molecule has 1 aliphatic heterocycles. The largest absolute Gasteiger partial charge is 0.481 e. The number of aliphatic carboxylic acids is 1. The van der Waals surface area contributed by atoms with Gasteiger partial charge >= 0.3 is 12.1 Å². The molecule has 3 aliphatic rings. The number of rotatable bonds is 6. The molecule has 2 aromatic carbocycles. The maximum Gasteiger partial charge on any atom is 0.407 e. The van der Waals surface area contributed by atoms with Gasteiger partial charge in [0.05, 0.1) is 5.92 Å². The van der Waals surface area contributed by atoms with Crippen molar-refractivity contribution in [2.24, 2.45) is 17.8 Å². The normalized spacial score (nSPS) is 22.9. The molecule has 7 nitrogen and oxygen atoms in total. The van der Waals surface area contributed by atoms with Gasteiger partial charge in [-0.2, -0.15) is 0 Å². The summed E-state index contributed by atoms with van der Waals surface area (Å²) in [5.41, 5.74) is 5.19. The minimum atomic E-state index is -0.760. The lowest BCUT2D eigenvalue weighted by atomic mass is 9.98. The number of nitrogens with one attached hydrogen (secondary N) is 1. The van der Waals surface area contributed by atoms with E-state index in [9.17, 15) is 19.5 Å². The summed E-state index contributed by atoms with van der Waals surface area (Å²) >= 11 is 0. The molecule has 0 aromatic heterocycles. The number of piperidine rings is 1. The number of hydrogen-bond donors (Lipinski definition) is 2. The summed E-state index contributed by atoms with van der Waals surface area (Å²) in [6.07, 6.45) is 1.89. The van der Waals surface area contributed by atoms with E-state index in [0.29, 0.717) is 18.7 Å². The summed E-state index contributed by atoms with van der Waals surface area (Å²) in [6.45, 7) is 3.21. The number of likely N-dealkylation sites (tertiary alicyclic amines) is 1. The first kappa shape index (κ1) is 22.2. The number of nitrogens with zero attached hydrogens (tertiary/aromatic N) is 1. The second-order valence-electron chi connectivity index (χ2n) is 9.33. The van der Waals surface area contributed by atoms with Gasteiger partial charge in [-0.25, -0.2) is 4.79 Å². The van der Waals surface area contributed by atoms with Gasteiger partial charge in [0.2, 0.25) is 5.91 Å². The van der Waals surface area contributed by atoms with Gasteiger partial charge in [0.1, 0.15) is 6.61 Å². The molecule has 0 bridgehead atoms. The lowest BCUT2D eigenvalue weighted by Gasteiger charge is -2.26. The number of hydrogen-bond acceptors (Lipinski definition) is 4. The van der Waals surface area contributed by atoms with E-state index < -0.39 is 12.1 Å². The smallest absolute Gasteiger partial charge is 0.407 e. The Kier molecular flexibility index (Phi) is 5.86. The van der Waals surface area contributed by atoms with Gasteiger partial charge in [0.15, 0.2) is 0 Å². The number of amides is 2. The maximum absolute atomic E-state index is 12.7. The number of fused-ring (bicyclic) bond motifs is 4. The Bertz CT molecular complexity index is 1130. The van der Waals surface area contributed by atoms with E-state index in [-0.39, 0.29) is 42.7 Å². The number of carbonyl (C=O) groups excluding carboxylic acids is 2. The SMILES string of the molecule is C/C(=C\CNC(=O)OCC1c2ccccc2-c2ccccc21)C(=O)N1CC[C@@H]2C(C(=O)O)[C@@H]2C1. The summed E-state index contributed by atoms with van der Waals surface area (Å²) in [6, 6.07) is 16.3. The summed E-state index contributed by atoms with van der Waals surface area (Å²) in [7, 11) is 0. The average Bonchev–Trinajstić information content (AvgIpc) is 3.49. The number of ether oxygens (including phenoxy) is 1. The molecule has 3 atom stereocenters. The zero-order chi connectivity index (χ0) is 23.8. The minimum absolute atomic E-state index is 0.00279. The first-order valence-corrected chi connectivity index (χ1v) is 11.7. The molecule has 2 aliphatic carbocycles. The molecule has 1 unspecified atom stereocenters. The van der Waals surface area contributed by atoms with Crippen molar-refractivity contribution in [3.05, 3.63) is 71.3 Å². The highest BCUT2D eigenvalue weighted by Crippen LogP contribution is 2.51. The van der Waals surface area contributed by atoms with Crippen molar-refractivity contribution in [2.45, 2.75) is 19.3 Å². The van der Waals surface area contributed by atoms with Crippen molar-refractivity contribution in [3.63, 3.8) is 0 Å². The number of carboxylic acids is 1. The van der Waals surface area contributed by atoms with Crippen LogP contribution in [0.15, 0.2) is 60.2 Å². The molecular formula is C27H28N2O5. The highest BCUT2D eigenvalue weighted by atomic mass is 16.5. The van der Waals surface area contributed by atoms with Crippen LogP contribution in [-0.2, 0) is 14.3 Å². The van der Waals surface area contributed by atoms with E-state index >= 15 is 0 Å². The van der Waals surface area contributed by atoms with Gasteiger partial charge < -0.3 is 20.1 Å². The molecule has 0 spiro atoms. The lowest BCUT2D eigenvalue weighted by molar-refractivity contribution is -0.139. The first-order chi connectivity index (χ1) is 16.5. The molecule has 176 valence electrons. The van der Waals surface area contributed by atoms with Gasteiger partial charge in [0, 0.05) is 31.1 Å². The Morgan fingerprint density at radius 1 is 1.06 bits per heavy atom. The molecule has 2 N–H and O–H groups in total. The minimum Gasteiger partial charge on any atom is -0.481 e. The summed E-state index contributed by atoms with van der Waals surface area (Å²) in [5.74, 6) is -0.898. The zero-order valence-electron chi connectivity index (χ0n) is 19.1. The van der Waals surface area contributed by atoms with E-state index in [1.54, 1.807) is 17.9 Å². The Balaban J connectivity index is 1.12. The van der Waals surface area contributed by atoms with E-state index in [2.05, 4.69) is 29.6 Å². The fourth-order valence-electron chi connectivity index (χ4n) is 5.56. The second kappa shape index (κ2) is 8.97. The fourth-order valence-corrected chi connectivity index (χ4v) is 5.56. The van der Waals surface area contributed by atoms with Gasteiger partial charge in [-0.1, -0.05) is 54.6 Å². The van der Waals surface area contributed by atoms with Crippen LogP contribution < -0.4 is 5.32 Å². The van der Waals surface area contributed by atoms with Gasteiger partial charge in [-0.05, 0) is 47.4 Å². The first-order valence-electron chi connectivity index (χ1n) is 11.7. The number of alkyl carbamates (subject to hydrolysis) is 1.